The van der Waals surface area contributed by atoms with Gasteiger partial charge in [0.15, 0.2) is 0 Å². The molecule has 0 radical (unpaired) electrons. The summed E-state index contributed by atoms with van der Waals surface area (Å²) < 4.78 is 12.2. The lowest BCUT2D eigenvalue weighted by Gasteiger charge is -2.32. The van der Waals surface area contributed by atoms with E-state index in [0.29, 0.717) is 6.54 Å². The lowest BCUT2D eigenvalue weighted by Crippen LogP contribution is -2.41. The first-order valence-corrected chi connectivity index (χ1v) is 9.04. The maximum absolute atomic E-state index is 6.11. The van der Waals surface area contributed by atoms with Crippen LogP contribution < -0.4 is 11.1 Å². The highest BCUT2D eigenvalue weighted by Gasteiger charge is 2.52. The van der Waals surface area contributed by atoms with E-state index < -0.39 is 7.12 Å². The van der Waals surface area contributed by atoms with E-state index in [0.717, 1.165) is 17.6 Å². The molecule has 1 saturated heterocycles. The van der Waals surface area contributed by atoms with E-state index in [2.05, 4.69) is 84.1 Å². The van der Waals surface area contributed by atoms with Crippen LogP contribution in [0.1, 0.15) is 59.6 Å². The molecule has 1 heterocycles. The van der Waals surface area contributed by atoms with Crippen molar-refractivity contribution in [1.29, 1.82) is 0 Å². The highest BCUT2D eigenvalue weighted by atomic mass is 16.7. The fourth-order valence-corrected chi connectivity index (χ4v) is 2.53. The predicted molar refractivity (Wildman–Crippen MR) is 106 cm³/mol. The SMILES string of the molecule is CC(C)(C)NCc1ccc(C=C(CN)B2OC(C)(C)C(C)(C)O2)cc1. The molecule has 0 bridgehead atoms. The van der Waals surface area contributed by atoms with Crippen LogP contribution in [-0.2, 0) is 15.9 Å². The molecule has 0 amide bonds. The summed E-state index contributed by atoms with van der Waals surface area (Å²) in [6, 6.07) is 8.51. The second kappa shape index (κ2) is 7.24. The molecule has 0 atom stereocenters. The Morgan fingerprint density at radius 3 is 2.04 bits per heavy atom. The van der Waals surface area contributed by atoms with Crippen molar-refractivity contribution in [2.45, 2.75) is 71.8 Å². The molecule has 3 N–H and O–H groups in total. The molecule has 1 fully saturated rings. The molecule has 0 aromatic heterocycles. The predicted octanol–water partition coefficient (Wildman–Crippen LogP) is 3.55. The molecule has 1 aromatic carbocycles. The summed E-state index contributed by atoms with van der Waals surface area (Å²) in [4.78, 5) is 0. The van der Waals surface area contributed by atoms with Crippen molar-refractivity contribution in [3.63, 3.8) is 0 Å². The van der Waals surface area contributed by atoms with Crippen LogP contribution in [0.3, 0.4) is 0 Å². The third-order valence-corrected chi connectivity index (χ3v) is 4.95. The normalized spacial score (nSPS) is 20.2. The van der Waals surface area contributed by atoms with Gasteiger partial charge in [0.2, 0.25) is 0 Å². The van der Waals surface area contributed by atoms with Crippen LogP contribution >= 0.6 is 0 Å². The molecule has 138 valence electrons. The molecule has 2 rings (SSSR count). The molecule has 1 aliphatic heterocycles. The Balaban J connectivity index is 2.10. The number of hydrogen-bond donors (Lipinski definition) is 2. The number of benzene rings is 1. The van der Waals surface area contributed by atoms with Crippen LogP contribution in [0, 0.1) is 0 Å². The van der Waals surface area contributed by atoms with Crippen LogP contribution in [0.15, 0.2) is 29.7 Å². The molecule has 0 saturated carbocycles. The van der Waals surface area contributed by atoms with Gasteiger partial charge in [-0.05, 0) is 65.1 Å². The van der Waals surface area contributed by atoms with Crippen molar-refractivity contribution in [2.75, 3.05) is 6.54 Å². The fraction of sp³-hybridized carbons (Fsp3) is 0.600. The van der Waals surface area contributed by atoms with Crippen LogP contribution in [0.25, 0.3) is 6.08 Å². The Labute approximate surface area is 153 Å². The number of nitrogens with two attached hydrogens (primary N) is 1. The zero-order chi connectivity index (χ0) is 18.9. The van der Waals surface area contributed by atoms with Crippen molar-refractivity contribution >= 4 is 13.2 Å². The number of hydrogen-bond acceptors (Lipinski definition) is 4. The second-order valence-corrected chi connectivity index (χ2v) is 8.86. The average molecular weight is 344 g/mol. The Kier molecular flexibility index (Phi) is 5.84. The molecule has 4 nitrogen and oxygen atoms in total. The van der Waals surface area contributed by atoms with Crippen molar-refractivity contribution in [3.05, 3.63) is 40.9 Å². The number of rotatable bonds is 5. The minimum Gasteiger partial charge on any atom is -0.400 e. The summed E-state index contributed by atoms with van der Waals surface area (Å²) in [5.41, 5.74) is 8.70. The number of nitrogens with one attached hydrogen (secondary N) is 1. The highest BCUT2D eigenvalue weighted by molar-refractivity contribution is 6.55. The summed E-state index contributed by atoms with van der Waals surface area (Å²) >= 11 is 0. The first kappa shape index (κ1) is 20.2. The molecular weight excluding hydrogens is 311 g/mol. The van der Waals surface area contributed by atoms with E-state index in [1.165, 1.54) is 5.56 Å². The summed E-state index contributed by atoms with van der Waals surface area (Å²) in [5.74, 6) is 0. The van der Waals surface area contributed by atoms with E-state index >= 15 is 0 Å². The van der Waals surface area contributed by atoms with Gasteiger partial charge < -0.3 is 20.4 Å². The van der Waals surface area contributed by atoms with Gasteiger partial charge in [-0.2, -0.15) is 0 Å². The molecule has 0 spiro atoms. The van der Waals surface area contributed by atoms with Gasteiger partial charge >= 0.3 is 7.12 Å². The lowest BCUT2D eigenvalue weighted by molar-refractivity contribution is 0.00578. The van der Waals surface area contributed by atoms with E-state index in [1.54, 1.807) is 0 Å². The lowest BCUT2D eigenvalue weighted by atomic mass is 9.77. The minimum atomic E-state index is -0.391. The van der Waals surface area contributed by atoms with E-state index in [9.17, 15) is 0 Å². The maximum Gasteiger partial charge on any atom is 0.491 e. The highest BCUT2D eigenvalue weighted by Crippen LogP contribution is 2.38. The molecule has 1 aromatic rings. The first-order chi connectivity index (χ1) is 11.4. The van der Waals surface area contributed by atoms with Gasteiger partial charge in [0, 0.05) is 18.6 Å². The smallest absolute Gasteiger partial charge is 0.400 e. The van der Waals surface area contributed by atoms with E-state index in [1.807, 2.05) is 0 Å². The molecular formula is C20H33BN2O2. The largest absolute Gasteiger partial charge is 0.491 e. The van der Waals surface area contributed by atoms with Gasteiger partial charge in [-0.25, -0.2) is 0 Å². The second-order valence-electron chi connectivity index (χ2n) is 8.86. The quantitative estimate of drug-likeness (QED) is 0.802. The molecule has 1 aliphatic rings. The zero-order valence-corrected chi connectivity index (χ0v) is 16.8. The summed E-state index contributed by atoms with van der Waals surface area (Å²) in [7, 11) is -0.391. The average Bonchev–Trinajstić information content (AvgIpc) is 2.71. The van der Waals surface area contributed by atoms with Crippen molar-refractivity contribution in [3.8, 4) is 0 Å². The topological polar surface area (TPSA) is 56.5 Å². The van der Waals surface area contributed by atoms with Gasteiger partial charge in [0.1, 0.15) is 0 Å². The van der Waals surface area contributed by atoms with Gasteiger partial charge in [0.25, 0.3) is 0 Å². The van der Waals surface area contributed by atoms with Crippen LogP contribution in [-0.4, -0.2) is 30.4 Å². The van der Waals surface area contributed by atoms with Gasteiger partial charge in [-0.3, -0.25) is 0 Å². The van der Waals surface area contributed by atoms with Crippen LogP contribution in [0.4, 0.5) is 0 Å². The van der Waals surface area contributed by atoms with E-state index in [-0.39, 0.29) is 16.7 Å². The maximum atomic E-state index is 6.11. The third-order valence-electron chi connectivity index (χ3n) is 4.95. The first-order valence-electron chi connectivity index (χ1n) is 9.04. The van der Waals surface area contributed by atoms with Gasteiger partial charge in [0.05, 0.1) is 11.2 Å². The fourth-order valence-electron chi connectivity index (χ4n) is 2.53. The van der Waals surface area contributed by atoms with Crippen molar-refractivity contribution < 1.29 is 9.31 Å². The molecule has 0 unspecified atom stereocenters. The molecule has 5 heteroatoms. The Morgan fingerprint density at radius 1 is 1.08 bits per heavy atom. The minimum absolute atomic E-state index is 0.113. The van der Waals surface area contributed by atoms with Crippen LogP contribution in [0.2, 0.25) is 0 Å². The zero-order valence-electron chi connectivity index (χ0n) is 16.8. The Hall–Kier alpha value is -1.14. The third kappa shape index (κ3) is 5.17. The Bertz CT molecular complexity index is 600. The summed E-state index contributed by atoms with van der Waals surface area (Å²) in [6.45, 7) is 16.0. The van der Waals surface area contributed by atoms with Gasteiger partial charge in [-0.1, -0.05) is 30.3 Å². The van der Waals surface area contributed by atoms with Gasteiger partial charge in [-0.15, -0.1) is 0 Å². The monoisotopic (exact) mass is 344 g/mol. The van der Waals surface area contributed by atoms with Crippen LogP contribution in [0.5, 0.6) is 0 Å². The molecule has 25 heavy (non-hydrogen) atoms. The Morgan fingerprint density at radius 2 is 1.60 bits per heavy atom. The summed E-state index contributed by atoms with van der Waals surface area (Å²) in [6.07, 6.45) is 2.07. The van der Waals surface area contributed by atoms with Crippen molar-refractivity contribution in [2.24, 2.45) is 5.73 Å². The summed E-state index contributed by atoms with van der Waals surface area (Å²) in [5, 5.41) is 3.50. The molecule has 0 aliphatic carbocycles. The standard InChI is InChI=1S/C20H33BN2O2/c1-18(2,3)23-14-16-10-8-15(9-11-16)12-17(13-22)21-24-19(4,5)20(6,7)25-21/h8-12,23H,13-14,22H2,1-7H3. The van der Waals surface area contributed by atoms with E-state index in [4.69, 9.17) is 15.0 Å². The van der Waals surface area contributed by atoms with Crippen molar-refractivity contribution in [1.82, 2.24) is 5.32 Å².